The molecule has 2 N–H and O–H groups in total. The van der Waals surface area contributed by atoms with E-state index in [0.29, 0.717) is 17.3 Å². The Labute approximate surface area is 105 Å². The van der Waals surface area contributed by atoms with Crippen LogP contribution in [0.2, 0.25) is 0 Å². The van der Waals surface area contributed by atoms with Gasteiger partial charge in [-0.2, -0.15) is 0 Å². The second-order valence-corrected chi connectivity index (χ2v) is 6.86. The summed E-state index contributed by atoms with van der Waals surface area (Å²) in [5.74, 6) is 1.05. The fourth-order valence-electron chi connectivity index (χ4n) is 3.83. The number of hydrogen-bond acceptors (Lipinski definition) is 2. The van der Waals surface area contributed by atoms with Crippen LogP contribution in [0.15, 0.2) is 11.6 Å². The topological polar surface area (TPSA) is 40.5 Å². The van der Waals surface area contributed by atoms with Crippen LogP contribution >= 0.6 is 0 Å². The zero-order valence-electron chi connectivity index (χ0n) is 11.4. The summed E-state index contributed by atoms with van der Waals surface area (Å²) in [5.41, 5.74) is 0.991. The molecule has 0 amide bonds. The SMILES string of the molecule is CC1(C)C[C@H]2[C@H]1CC/C(CO)=C/CC[C@@]2(C)O. The van der Waals surface area contributed by atoms with E-state index in [0.717, 1.165) is 37.7 Å². The Morgan fingerprint density at radius 1 is 1.29 bits per heavy atom. The highest BCUT2D eigenvalue weighted by atomic mass is 16.3. The van der Waals surface area contributed by atoms with Gasteiger partial charge in [0.1, 0.15) is 0 Å². The van der Waals surface area contributed by atoms with Gasteiger partial charge >= 0.3 is 0 Å². The molecular weight excluding hydrogens is 212 g/mol. The zero-order valence-corrected chi connectivity index (χ0v) is 11.4. The predicted molar refractivity (Wildman–Crippen MR) is 69.6 cm³/mol. The standard InChI is InChI=1S/C15H26O2/c1-14(2)9-13-12(14)7-6-11(10-16)5-4-8-15(13,3)17/h5,12-13,16-17H,4,6-10H2,1-3H3/b11-5-/t12-,13+,15-/m1/s1. The summed E-state index contributed by atoms with van der Waals surface area (Å²) in [4.78, 5) is 0. The van der Waals surface area contributed by atoms with Gasteiger partial charge in [-0.15, -0.1) is 0 Å². The van der Waals surface area contributed by atoms with Crippen molar-refractivity contribution in [3.05, 3.63) is 11.6 Å². The average molecular weight is 238 g/mol. The summed E-state index contributed by atoms with van der Waals surface area (Å²) in [6.07, 6.45) is 7.10. The maximum atomic E-state index is 10.6. The number of fused-ring (bicyclic) bond motifs is 1. The molecule has 0 aromatic heterocycles. The summed E-state index contributed by atoms with van der Waals surface area (Å²) in [6.45, 7) is 6.80. The molecule has 2 aliphatic carbocycles. The van der Waals surface area contributed by atoms with Crippen LogP contribution in [-0.4, -0.2) is 22.4 Å². The molecule has 2 nitrogen and oxygen atoms in total. The molecule has 0 aliphatic heterocycles. The van der Waals surface area contributed by atoms with E-state index in [1.807, 2.05) is 6.92 Å². The lowest BCUT2D eigenvalue weighted by molar-refractivity contribution is -0.141. The van der Waals surface area contributed by atoms with E-state index < -0.39 is 5.60 Å². The van der Waals surface area contributed by atoms with E-state index in [1.165, 1.54) is 0 Å². The van der Waals surface area contributed by atoms with Crippen LogP contribution in [0.25, 0.3) is 0 Å². The molecule has 1 saturated carbocycles. The van der Waals surface area contributed by atoms with Crippen molar-refractivity contribution in [2.75, 3.05) is 6.61 Å². The van der Waals surface area contributed by atoms with Gasteiger partial charge in [-0.25, -0.2) is 0 Å². The van der Waals surface area contributed by atoms with Gasteiger partial charge < -0.3 is 10.2 Å². The second-order valence-electron chi connectivity index (χ2n) is 6.86. The van der Waals surface area contributed by atoms with Gasteiger partial charge in [-0.3, -0.25) is 0 Å². The van der Waals surface area contributed by atoms with E-state index in [9.17, 15) is 10.2 Å². The highest BCUT2D eigenvalue weighted by Crippen LogP contribution is 2.58. The molecule has 17 heavy (non-hydrogen) atoms. The smallest absolute Gasteiger partial charge is 0.0653 e. The van der Waals surface area contributed by atoms with Crippen LogP contribution in [0.4, 0.5) is 0 Å². The molecule has 0 spiro atoms. The van der Waals surface area contributed by atoms with Crippen molar-refractivity contribution in [3.63, 3.8) is 0 Å². The minimum atomic E-state index is -0.526. The van der Waals surface area contributed by atoms with Crippen molar-refractivity contribution < 1.29 is 10.2 Å². The van der Waals surface area contributed by atoms with Gasteiger partial charge in [0, 0.05) is 0 Å². The first kappa shape index (κ1) is 13.1. The largest absolute Gasteiger partial charge is 0.392 e. The van der Waals surface area contributed by atoms with Crippen LogP contribution in [0.1, 0.15) is 52.9 Å². The molecule has 0 radical (unpaired) electrons. The Balaban J connectivity index is 2.16. The molecule has 0 heterocycles. The molecule has 0 aromatic carbocycles. The number of aliphatic hydroxyl groups is 2. The molecule has 1 fully saturated rings. The normalized spacial score (nSPS) is 44.4. The molecule has 0 bridgehead atoms. The maximum Gasteiger partial charge on any atom is 0.0653 e. The Morgan fingerprint density at radius 3 is 2.59 bits per heavy atom. The van der Waals surface area contributed by atoms with Crippen LogP contribution in [-0.2, 0) is 0 Å². The van der Waals surface area contributed by atoms with Crippen molar-refractivity contribution in [3.8, 4) is 0 Å². The molecule has 2 heteroatoms. The average Bonchev–Trinajstić information content (AvgIpc) is 2.27. The number of allylic oxidation sites excluding steroid dienone is 1. The highest BCUT2D eigenvalue weighted by Gasteiger charge is 2.53. The first-order valence-electron chi connectivity index (χ1n) is 6.88. The van der Waals surface area contributed by atoms with E-state index >= 15 is 0 Å². The monoisotopic (exact) mass is 238 g/mol. The third-order valence-electron chi connectivity index (χ3n) is 5.10. The predicted octanol–water partition coefficient (Wildman–Crippen LogP) is 2.89. The maximum absolute atomic E-state index is 10.6. The third-order valence-corrected chi connectivity index (χ3v) is 5.10. The Morgan fingerprint density at radius 2 is 2.00 bits per heavy atom. The Hall–Kier alpha value is -0.340. The van der Waals surface area contributed by atoms with Gasteiger partial charge in [-0.05, 0) is 61.9 Å². The van der Waals surface area contributed by atoms with Crippen molar-refractivity contribution in [1.82, 2.24) is 0 Å². The molecule has 3 atom stereocenters. The van der Waals surface area contributed by atoms with Crippen molar-refractivity contribution in [1.29, 1.82) is 0 Å². The number of hydrogen-bond donors (Lipinski definition) is 2. The van der Waals surface area contributed by atoms with E-state index in [-0.39, 0.29) is 6.61 Å². The van der Waals surface area contributed by atoms with Gasteiger partial charge in [0.05, 0.1) is 12.2 Å². The van der Waals surface area contributed by atoms with Gasteiger partial charge in [-0.1, -0.05) is 19.9 Å². The zero-order chi connectivity index (χ0) is 12.7. The van der Waals surface area contributed by atoms with Crippen LogP contribution < -0.4 is 0 Å². The van der Waals surface area contributed by atoms with E-state index in [1.54, 1.807) is 0 Å². The lowest BCUT2D eigenvalue weighted by atomic mass is 9.50. The van der Waals surface area contributed by atoms with Crippen LogP contribution in [0.3, 0.4) is 0 Å². The summed E-state index contributed by atoms with van der Waals surface area (Å²) >= 11 is 0. The van der Waals surface area contributed by atoms with Gasteiger partial charge in [0.25, 0.3) is 0 Å². The minimum absolute atomic E-state index is 0.181. The van der Waals surface area contributed by atoms with Crippen molar-refractivity contribution in [2.24, 2.45) is 17.3 Å². The van der Waals surface area contributed by atoms with Crippen LogP contribution in [0.5, 0.6) is 0 Å². The van der Waals surface area contributed by atoms with Gasteiger partial charge in [0.2, 0.25) is 0 Å². The molecule has 0 unspecified atom stereocenters. The minimum Gasteiger partial charge on any atom is -0.392 e. The lowest BCUT2D eigenvalue weighted by Gasteiger charge is -2.57. The molecule has 0 aromatic rings. The molecule has 0 saturated heterocycles. The Kier molecular flexibility index (Phi) is 3.39. The van der Waals surface area contributed by atoms with Crippen molar-refractivity contribution >= 4 is 0 Å². The summed E-state index contributed by atoms with van der Waals surface area (Å²) < 4.78 is 0. The fourth-order valence-corrected chi connectivity index (χ4v) is 3.83. The number of aliphatic hydroxyl groups excluding tert-OH is 1. The van der Waals surface area contributed by atoms with E-state index in [4.69, 9.17) is 0 Å². The first-order valence-corrected chi connectivity index (χ1v) is 6.88. The quantitative estimate of drug-likeness (QED) is 0.690. The summed E-state index contributed by atoms with van der Waals surface area (Å²) in [7, 11) is 0. The summed E-state index contributed by atoms with van der Waals surface area (Å²) in [6, 6.07) is 0. The molecule has 98 valence electrons. The van der Waals surface area contributed by atoms with Gasteiger partial charge in [0.15, 0.2) is 0 Å². The molecule has 2 rings (SSSR count). The lowest BCUT2D eigenvalue weighted by Crippen LogP contribution is -2.54. The first-order chi connectivity index (χ1) is 7.87. The third kappa shape index (κ3) is 2.43. The second kappa shape index (κ2) is 4.40. The number of rotatable bonds is 1. The molecular formula is C15H26O2. The Bertz CT molecular complexity index is 315. The molecule has 2 aliphatic rings. The summed E-state index contributed by atoms with van der Waals surface area (Å²) in [5, 5.41) is 19.9. The highest BCUT2D eigenvalue weighted by molar-refractivity contribution is 5.10. The fraction of sp³-hybridized carbons (Fsp3) is 0.867. The van der Waals surface area contributed by atoms with Crippen molar-refractivity contribution in [2.45, 2.75) is 58.5 Å². The van der Waals surface area contributed by atoms with Crippen LogP contribution in [0, 0.1) is 17.3 Å². The van der Waals surface area contributed by atoms with E-state index in [2.05, 4.69) is 19.9 Å².